The molecule has 10 nitrogen and oxygen atoms in total. The Bertz CT molecular complexity index is 1240. The number of hydrogen-bond donors (Lipinski definition) is 1. The first-order valence-corrected chi connectivity index (χ1v) is 14.2. The maximum absolute atomic E-state index is 13.6. The van der Waals surface area contributed by atoms with E-state index in [0.29, 0.717) is 17.1 Å². The molecule has 0 unspecified atom stereocenters. The molecule has 0 heterocycles. The Morgan fingerprint density at radius 3 is 2.41 bits per heavy atom. The first-order chi connectivity index (χ1) is 17.4. The van der Waals surface area contributed by atoms with E-state index in [9.17, 15) is 28.1 Å². The monoisotopic (exact) mass is 572 g/mol. The first-order valence-electron chi connectivity index (χ1n) is 11.6. The maximum atomic E-state index is 13.6. The summed E-state index contributed by atoms with van der Waals surface area (Å²) in [4.78, 5) is 38.5. The molecule has 0 fully saturated rings. The fraction of sp³-hybridized carbons (Fsp3) is 0.417. The van der Waals surface area contributed by atoms with Crippen LogP contribution in [0, 0.1) is 10.1 Å². The lowest BCUT2D eigenvalue weighted by atomic mass is 10.1. The van der Waals surface area contributed by atoms with Crippen LogP contribution in [0.15, 0.2) is 42.5 Å². The number of halogens is 2. The van der Waals surface area contributed by atoms with Crippen LogP contribution in [-0.4, -0.2) is 55.4 Å². The van der Waals surface area contributed by atoms with Gasteiger partial charge < -0.3 is 10.2 Å². The van der Waals surface area contributed by atoms with E-state index in [0.717, 1.165) is 29.5 Å². The topological polar surface area (TPSA) is 130 Å². The number of nitro groups is 1. The van der Waals surface area contributed by atoms with Crippen LogP contribution in [0.3, 0.4) is 0 Å². The molecule has 13 heteroatoms. The van der Waals surface area contributed by atoms with Crippen molar-refractivity contribution in [3.63, 3.8) is 0 Å². The lowest BCUT2D eigenvalue weighted by Crippen LogP contribution is -2.52. The van der Waals surface area contributed by atoms with E-state index in [1.165, 1.54) is 29.2 Å². The number of amides is 2. The molecule has 0 saturated carbocycles. The smallest absolute Gasteiger partial charge is 0.271 e. The van der Waals surface area contributed by atoms with E-state index >= 15 is 0 Å². The molecule has 0 spiro atoms. The van der Waals surface area contributed by atoms with Crippen LogP contribution >= 0.6 is 23.2 Å². The minimum Gasteiger partial charge on any atom is -0.354 e. The molecular formula is C24H30Cl2N4O6S. The zero-order valence-corrected chi connectivity index (χ0v) is 23.1. The van der Waals surface area contributed by atoms with E-state index < -0.39 is 33.4 Å². The van der Waals surface area contributed by atoms with Gasteiger partial charge in [0.25, 0.3) is 5.69 Å². The van der Waals surface area contributed by atoms with E-state index in [1.54, 1.807) is 19.1 Å². The second-order valence-electron chi connectivity index (χ2n) is 8.37. The number of hydrogen-bond acceptors (Lipinski definition) is 6. The highest BCUT2D eigenvalue weighted by atomic mass is 35.5. The van der Waals surface area contributed by atoms with Crippen molar-refractivity contribution in [1.29, 1.82) is 0 Å². The summed E-state index contributed by atoms with van der Waals surface area (Å²) in [5.41, 5.74) is 0.139. The Morgan fingerprint density at radius 2 is 1.84 bits per heavy atom. The Labute approximate surface area is 226 Å². The highest BCUT2D eigenvalue weighted by Crippen LogP contribution is 2.26. The van der Waals surface area contributed by atoms with Gasteiger partial charge in [-0.3, -0.25) is 24.0 Å². The summed E-state index contributed by atoms with van der Waals surface area (Å²) in [7, 11) is -4.03. The Hall–Kier alpha value is -2.89. The van der Waals surface area contributed by atoms with Gasteiger partial charge in [-0.2, -0.15) is 0 Å². The molecule has 0 bridgehead atoms. The van der Waals surface area contributed by atoms with E-state index in [-0.39, 0.29) is 35.3 Å². The number of carbonyl (C=O) groups is 2. The van der Waals surface area contributed by atoms with Gasteiger partial charge in [0.15, 0.2) is 0 Å². The van der Waals surface area contributed by atoms with Gasteiger partial charge in [-0.25, -0.2) is 8.42 Å². The summed E-state index contributed by atoms with van der Waals surface area (Å²) >= 11 is 12.3. The highest BCUT2D eigenvalue weighted by molar-refractivity contribution is 7.92. The van der Waals surface area contributed by atoms with E-state index in [2.05, 4.69) is 5.32 Å². The molecule has 2 amide bonds. The Morgan fingerprint density at radius 1 is 1.14 bits per heavy atom. The molecule has 2 aromatic rings. The molecule has 0 saturated heterocycles. The van der Waals surface area contributed by atoms with Crippen LogP contribution in [0.5, 0.6) is 0 Å². The molecule has 2 rings (SSSR count). The van der Waals surface area contributed by atoms with Gasteiger partial charge in [-0.15, -0.1) is 0 Å². The van der Waals surface area contributed by atoms with Crippen molar-refractivity contribution in [3.8, 4) is 0 Å². The van der Waals surface area contributed by atoms with E-state index in [1.807, 2.05) is 6.92 Å². The van der Waals surface area contributed by atoms with Gasteiger partial charge >= 0.3 is 0 Å². The van der Waals surface area contributed by atoms with Crippen molar-refractivity contribution in [3.05, 3.63) is 68.2 Å². The van der Waals surface area contributed by atoms with Gasteiger partial charge in [0.1, 0.15) is 12.6 Å². The number of anilines is 1. The lowest BCUT2D eigenvalue weighted by Gasteiger charge is -2.33. The SMILES string of the molecule is CCCCNC(=O)[C@H](CC)N(Cc1ccc(Cl)cc1Cl)C(=O)CN(c1cccc([N+](=O)[O-])c1)S(C)(=O)=O. The largest absolute Gasteiger partial charge is 0.354 e. The Balaban J connectivity index is 2.48. The van der Waals surface area contributed by atoms with Crippen molar-refractivity contribution in [2.45, 2.75) is 45.7 Å². The third-order valence-corrected chi connectivity index (χ3v) is 7.31. The fourth-order valence-corrected chi connectivity index (χ4v) is 4.94. The van der Waals surface area contributed by atoms with Crippen LogP contribution in [0.1, 0.15) is 38.7 Å². The average molecular weight is 573 g/mol. The molecule has 0 aliphatic rings. The van der Waals surface area contributed by atoms with Crippen LogP contribution in [0.25, 0.3) is 0 Å². The highest BCUT2D eigenvalue weighted by Gasteiger charge is 2.32. The third kappa shape index (κ3) is 8.58. The molecule has 1 N–H and O–H groups in total. The average Bonchev–Trinajstić information content (AvgIpc) is 2.83. The molecule has 202 valence electrons. The van der Waals surface area contributed by atoms with Gasteiger partial charge in [0.2, 0.25) is 21.8 Å². The predicted molar refractivity (Wildman–Crippen MR) is 144 cm³/mol. The number of rotatable bonds is 13. The van der Waals surface area contributed by atoms with Crippen LogP contribution in [0.2, 0.25) is 10.0 Å². The summed E-state index contributed by atoms with van der Waals surface area (Å²) in [5, 5.41) is 14.7. The number of sulfonamides is 1. The first kappa shape index (κ1) is 30.3. The third-order valence-electron chi connectivity index (χ3n) is 5.58. The number of unbranched alkanes of at least 4 members (excludes halogenated alkanes) is 1. The summed E-state index contributed by atoms with van der Waals surface area (Å²) in [5.74, 6) is -1.06. The molecule has 1 atom stereocenters. The zero-order chi connectivity index (χ0) is 27.8. The number of benzene rings is 2. The quantitative estimate of drug-likeness (QED) is 0.215. The van der Waals surface area contributed by atoms with Crippen molar-refractivity contribution < 1.29 is 22.9 Å². The van der Waals surface area contributed by atoms with Crippen molar-refractivity contribution >= 4 is 56.4 Å². The number of nitrogens with one attached hydrogen (secondary N) is 1. The van der Waals surface area contributed by atoms with Crippen LogP contribution < -0.4 is 9.62 Å². The van der Waals surface area contributed by atoms with Crippen LogP contribution in [-0.2, 0) is 26.2 Å². The molecular weight excluding hydrogens is 543 g/mol. The number of non-ortho nitro benzene ring substituents is 1. The second kappa shape index (κ2) is 13.6. The molecule has 0 aliphatic carbocycles. The van der Waals surface area contributed by atoms with Crippen molar-refractivity contribution in [1.82, 2.24) is 10.2 Å². The summed E-state index contributed by atoms with van der Waals surface area (Å²) < 4.78 is 26.1. The summed E-state index contributed by atoms with van der Waals surface area (Å²) in [6.45, 7) is 3.39. The minimum atomic E-state index is -4.03. The van der Waals surface area contributed by atoms with Gasteiger partial charge in [-0.05, 0) is 36.6 Å². The maximum Gasteiger partial charge on any atom is 0.271 e. The normalized spacial score (nSPS) is 12.0. The van der Waals surface area contributed by atoms with Crippen molar-refractivity contribution in [2.24, 2.45) is 0 Å². The van der Waals surface area contributed by atoms with Crippen molar-refractivity contribution in [2.75, 3.05) is 23.7 Å². The molecule has 2 aromatic carbocycles. The Kier molecular flexibility index (Phi) is 11.1. The zero-order valence-electron chi connectivity index (χ0n) is 20.8. The van der Waals surface area contributed by atoms with Gasteiger partial charge in [-0.1, -0.05) is 55.6 Å². The fourth-order valence-electron chi connectivity index (χ4n) is 3.63. The summed E-state index contributed by atoms with van der Waals surface area (Å²) in [6, 6.07) is 8.80. The van der Waals surface area contributed by atoms with Crippen LogP contribution in [0.4, 0.5) is 11.4 Å². The molecule has 0 aliphatic heterocycles. The number of carbonyl (C=O) groups excluding carboxylic acids is 2. The molecule has 0 radical (unpaired) electrons. The summed E-state index contributed by atoms with van der Waals surface area (Å²) in [6.07, 6.45) is 2.78. The molecule has 37 heavy (non-hydrogen) atoms. The number of nitro benzene ring substituents is 1. The number of nitrogens with zero attached hydrogens (tertiary/aromatic N) is 3. The van der Waals surface area contributed by atoms with Gasteiger partial charge in [0.05, 0.1) is 16.9 Å². The van der Waals surface area contributed by atoms with Gasteiger partial charge in [0, 0.05) is 35.3 Å². The second-order valence-corrected chi connectivity index (χ2v) is 11.1. The standard InChI is InChI=1S/C24H30Cl2N4O6S/c1-4-6-12-27-24(32)22(5-2)28(15-17-10-11-18(25)13-21(17)26)23(31)16-29(37(3,35)36)19-8-7-9-20(14-19)30(33)34/h7-11,13-14,22H,4-6,12,15-16H2,1-3H3,(H,27,32)/t22-/m0/s1. The minimum absolute atomic E-state index is 0.0463. The molecule has 0 aromatic heterocycles. The predicted octanol–water partition coefficient (Wildman–Crippen LogP) is 4.39. The van der Waals surface area contributed by atoms with E-state index in [4.69, 9.17) is 23.2 Å². The lowest BCUT2D eigenvalue weighted by molar-refractivity contribution is -0.384.